The molecule has 1 aromatic rings. The monoisotopic (exact) mass is 495 g/mol. The molecule has 4 aliphatic rings. The quantitative estimate of drug-likeness (QED) is 0.336. The lowest BCUT2D eigenvalue weighted by Crippen LogP contribution is -2.54. The van der Waals surface area contributed by atoms with Gasteiger partial charge in [-0.05, 0) is 136 Å². The highest BCUT2D eigenvalue weighted by Crippen LogP contribution is 2.68. The third kappa shape index (κ3) is 4.82. The minimum absolute atomic E-state index is 0.0377. The van der Waals surface area contributed by atoms with E-state index in [9.17, 15) is 10.2 Å². The van der Waals surface area contributed by atoms with Gasteiger partial charge in [0.05, 0.1) is 12.2 Å². The second-order valence-corrected chi connectivity index (χ2v) is 14.0. The molecule has 1 aromatic carbocycles. The molecular formula is C33H53NO2. The van der Waals surface area contributed by atoms with Crippen molar-refractivity contribution in [3.63, 3.8) is 0 Å². The normalized spacial score (nSPS) is 42.6. The van der Waals surface area contributed by atoms with Crippen molar-refractivity contribution in [3.05, 3.63) is 35.9 Å². The van der Waals surface area contributed by atoms with Gasteiger partial charge in [0.25, 0.3) is 0 Å². The van der Waals surface area contributed by atoms with Crippen molar-refractivity contribution in [3.8, 4) is 0 Å². The van der Waals surface area contributed by atoms with Gasteiger partial charge in [0.1, 0.15) is 0 Å². The Labute approximate surface area is 220 Å². The third-order valence-corrected chi connectivity index (χ3v) is 12.3. The van der Waals surface area contributed by atoms with Crippen molar-refractivity contribution in [2.24, 2.45) is 46.3 Å². The average molecular weight is 496 g/mol. The van der Waals surface area contributed by atoms with Crippen molar-refractivity contribution >= 4 is 0 Å². The average Bonchev–Trinajstić information content (AvgIpc) is 3.24. The van der Waals surface area contributed by atoms with Crippen LogP contribution in [0, 0.1) is 46.3 Å². The fraction of sp³-hybridized carbons (Fsp3) is 0.818. The summed E-state index contributed by atoms with van der Waals surface area (Å²) in [6.07, 6.45) is 13.9. The number of aliphatic hydroxyl groups excluding tert-OH is 2. The van der Waals surface area contributed by atoms with Crippen LogP contribution in [-0.4, -0.2) is 28.9 Å². The van der Waals surface area contributed by atoms with Gasteiger partial charge >= 0.3 is 0 Å². The minimum Gasteiger partial charge on any atom is -0.393 e. The van der Waals surface area contributed by atoms with Gasteiger partial charge in [-0.15, -0.1) is 0 Å². The standard InChI is InChI=1S/C33H53NO2/c1-22(9-8-20-34-23(2)31(36)24-10-6-5-7-11-24)28-14-15-29-27-13-12-25-21-26(35)16-18-32(25,3)30(27)17-19-33(28,29)4/h5-7,10-11,22-23,25-31,34-36H,8-9,12-21H2,1-4H3. The van der Waals surface area contributed by atoms with Crippen molar-refractivity contribution in [1.29, 1.82) is 0 Å². The molecule has 11 atom stereocenters. The summed E-state index contributed by atoms with van der Waals surface area (Å²) in [5, 5.41) is 24.6. The molecule has 4 fully saturated rings. The van der Waals surface area contributed by atoms with Crippen molar-refractivity contribution in [2.75, 3.05) is 6.54 Å². The number of hydrogen-bond acceptors (Lipinski definition) is 3. The van der Waals surface area contributed by atoms with Crippen LogP contribution in [0.5, 0.6) is 0 Å². The SMILES string of the molecule is CC(CCCNC(C)C(O)c1ccccc1)C1CCC2C3CCC4CC(O)CCC4(C)C3CCC12C. The molecule has 3 nitrogen and oxygen atoms in total. The summed E-state index contributed by atoms with van der Waals surface area (Å²) in [7, 11) is 0. The zero-order valence-electron chi connectivity index (χ0n) is 23.5. The fourth-order valence-corrected chi connectivity index (χ4v) is 10.2. The molecule has 0 aliphatic heterocycles. The van der Waals surface area contributed by atoms with E-state index in [4.69, 9.17) is 0 Å². The van der Waals surface area contributed by atoms with E-state index in [1.807, 2.05) is 30.3 Å². The molecule has 202 valence electrons. The highest BCUT2D eigenvalue weighted by atomic mass is 16.3. The van der Waals surface area contributed by atoms with Gasteiger partial charge in [0.15, 0.2) is 0 Å². The van der Waals surface area contributed by atoms with Crippen molar-refractivity contribution < 1.29 is 10.2 Å². The summed E-state index contributed by atoms with van der Waals surface area (Å²) in [6.45, 7) is 10.9. The number of fused-ring (bicyclic) bond motifs is 5. The lowest BCUT2D eigenvalue weighted by molar-refractivity contribution is -0.129. The summed E-state index contributed by atoms with van der Waals surface area (Å²) in [5.74, 6) is 5.17. The first kappa shape index (κ1) is 26.7. The number of benzene rings is 1. The largest absolute Gasteiger partial charge is 0.393 e. The molecule has 3 N–H and O–H groups in total. The van der Waals surface area contributed by atoms with E-state index in [1.54, 1.807) is 0 Å². The first-order chi connectivity index (χ1) is 17.2. The third-order valence-electron chi connectivity index (χ3n) is 12.3. The van der Waals surface area contributed by atoms with Crippen LogP contribution in [0.3, 0.4) is 0 Å². The lowest BCUT2D eigenvalue weighted by atomic mass is 9.44. The number of rotatable bonds is 8. The van der Waals surface area contributed by atoms with E-state index in [2.05, 4.69) is 33.0 Å². The zero-order chi connectivity index (χ0) is 25.5. The molecule has 0 heterocycles. The highest BCUT2D eigenvalue weighted by Gasteiger charge is 2.60. The predicted molar refractivity (Wildman–Crippen MR) is 148 cm³/mol. The van der Waals surface area contributed by atoms with Crippen molar-refractivity contribution in [1.82, 2.24) is 5.32 Å². The first-order valence-electron chi connectivity index (χ1n) is 15.4. The second-order valence-electron chi connectivity index (χ2n) is 14.0. The molecule has 0 saturated heterocycles. The molecule has 4 aliphatic carbocycles. The molecule has 36 heavy (non-hydrogen) atoms. The van der Waals surface area contributed by atoms with Gasteiger partial charge in [-0.2, -0.15) is 0 Å². The molecule has 0 bridgehead atoms. The summed E-state index contributed by atoms with van der Waals surface area (Å²) >= 11 is 0. The number of aliphatic hydroxyl groups is 2. The van der Waals surface area contributed by atoms with Gasteiger partial charge in [0.2, 0.25) is 0 Å². The summed E-state index contributed by atoms with van der Waals surface area (Å²) < 4.78 is 0. The molecule has 0 aromatic heterocycles. The van der Waals surface area contributed by atoms with E-state index in [1.165, 1.54) is 57.8 Å². The lowest BCUT2D eigenvalue weighted by Gasteiger charge is -2.61. The smallest absolute Gasteiger partial charge is 0.0940 e. The fourth-order valence-electron chi connectivity index (χ4n) is 10.2. The van der Waals surface area contributed by atoms with Gasteiger partial charge in [-0.25, -0.2) is 0 Å². The number of hydrogen-bond donors (Lipinski definition) is 3. The Bertz CT molecular complexity index is 859. The first-order valence-corrected chi connectivity index (χ1v) is 15.4. The maximum absolute atomic E-state index is 10.7. The Morgan fingerprint density at radius 1 is 0.917 bits per heavy atom. The maximum Gasteiger partial charge on any atom is 0.0940 e. The Balaban J connectivity index is 1.14. The van der Waals surface area contributed by atoms with Crippen LogP contribution in [-0.2, 0) is 0 Å². The van der Waals surface area contributed by atoms with Crippen LogP contribution >= 0.6 is 0 Å². The van der Waals surface area contributed by atoms with Crippen LogP contribution in [0.1, 0.15) is 110 Å². The second kappa shape index (κ2) is 10.7. The highest BCUT2D eigenvalue weighted by molar-refractivity contribution is 5.18. The maximum atomic E-state index is 10.7. The van der Waals surface area contributed by atoms with Crippen LogP contribution < -0.4 is 5.32 Å². The molecule has 0 radical (unpaired) electrons. The van der Waals surface area contributed by atoms with Gasteiger partial charge in [-0.1, -0.05) is 51.1 Å². The summed E-state index contributed by atoms with van der Waals surface area (Å²) in [4.78, 5) is 0. The van der Waals surface area contributed by atoms with Crippen LogP contribution in [0.4, 0.5) is 0 Å². The van der Waals surface area contributed by atoms with E-state index in [0.717, 1.165) is 60.5 Å². The Kier molecular flexibility index (Phi) is 7.93. The molecule has 0 amide bonds. The van der Waals surface area contributed by atoms with E-state index >= 15 is 0 Å². The van der Waals surface area contributed by atoms with Crippen LogP contribution in [0.15, 0.2) is 30.3 Å². The molecule has 5 rings (SSSR count). The molecule has 11 unspecified atom stereocenters. The predicted octanol–water partition coefficient (Wildman–Crippen LogP) is 7.13. The zero-order valence-corrected chi connectivity index (χ0v) is 23.5. The topological polar surface area (TPSA) is 52.5 Å². The summed E-state index contributed by atoms with van der Waals surface area (Å²) in [5.41, 5.74) is 2.01. The van der Waals surface area contributed by atoms with E-state index in [-0.39, 0.29) is 12.1 Å². The Hall–Kier alpha value is -0.900. The van der Waals surface area contributed by atoms with Gasteiger partial charge in [0, 0.05) is 6.04 Å². The summed E-state index contributed by atoms with van der Waals surface area (Å²) in [6, 6.07) is 10.1. The van der Waals surface area contributed by atoms with Crippen molar-refractivity contribution in [2.45, 2.75) is 117 Å². The molecule has 3 heteroatoms. The van der Waals surface area contributed by atoms with Gasteiger partial charge in [-0.3, -0.25) is 0 Å². The van der Waals surface area contributed by atoms with E-state index in [0.29, 0.717) is 10.8 Å². The Morgan fingerprint density at radius 2 is 1.64 bits per heavy atom. The van der Waals surface area contributed by atoms with Crippen LogP contribution in [0.25, 0.3) is 0 Å². The molecule has 4 saturated carbocycles. The minimum atomic E-state index is -0.447. The molecular weight excluding hydrogens is 442 g/mol. The molecule has 0 spiro atoms. The van der Waals surface area contributed by atoms with Crippen LogP contribution in [0.2, 0.25) is 0 Å². The van der Waals surface area contributed by atoms with Gasteiger partial charge < -0.3 is 15.5 Å². The van der Waals surface area contributed by atoms with E-state index < -0.39 is 6.10 Å². The number of nitrogens with one attached hydrogen (secondary N) is 1. The Morgan fingerprint density at radius 3 is 2.42 bits per heavy atom.